The summed E-state index contributed by atoms with van der Waals surface area (Å²) in [6.07, 6.45) is 3.06. The van der Waals surface area contributed by atoms with Gasteiger partial charge in [0.1, 0.15) is 11.6 Å². The predicted molar refractivity (Wildman–Crippen MR) is 129 cm³/mol. The third kappa shape index (κ3) is 8.62. The molecule has 1 heterocycles. The molecule has 1 fully saturated rings. The van der Waals surface area contributed by atoms with Crippen LogP contribution in [0.2, 0.25) is 0 Å². The Bertz CT molecular complexity index is 641. The van der Waals surface area contributed by atoms with Crippen LogP contribution in [-0.2, 0) is 0 Å². The Morgan fingerprint density at radius 1 is 1.31 bits per heavy atom. The van der Waals surface area contributed by atoms with E-state index < -0.39 is 11.6 Å². The molecular weight excluding hydrogens is 487 g/mol. The molecule has 1 unspecified atom stereocenters. The van der Waals surface area contributed by atoms with Crippen LogP contribution in [0.1, 0.15) is 40.0 Å². The van der Waals surface area contributed by atoms with Gasteiger partial charge in [0.2, 0.25) is 0 Å². The molecule has 0 bridgehead atoms. The van der Waals surface area contributed by atoms with E-state index in [-0.39, 0.29) is 30.0 Å². The molecule has 1 aromatic carbocycles. The first-order valence-electron chi connectivity index (χ1n) is 10.4. The molecule has 1 aromatic rings. The van der Waals surface area contributed by atoms with Crippen molar-refractivity contribution >= 4 is 35.6 Å². The van der Waals surface area contributed by atoms with E-state index in [4.69, 9.17) is 0 Å². The fourth-order valence-corrected chi connectivity index (χ4v) is 3.27. The van der Waals surface area contributed by atoms with Gasteiger partial charge in [-0.15, -0.1) is 24.0 Å². The Labute approximate surface area is 191 Å². The number of rotatable bonds is 9. The second kappa shape index (κ2) is 13.2. The van der Waals surface area contributed by atoms with Crippen molar-refractivity contribution in [2.75, 3.05) is 44.7 Å². The van der Waals surface area contributed by atoms with E-state index in [0.717, 1.165) is 57.5 Å². The summed E-state index contributed by atoms with van der Waals surface area (Å²) in [7, 11) is 2.15. The van der Waals surface area contributed by atoms with Gasteiger partial charge in [0.05, 0.1) is 5.69 Å². The van der Waals surface area contributed by atoms with Crippen LogP contribution in [0.4, 0.5) is 14.5 Å². The molecule has 8 heteroatoms. The van der Waals surface area contributed by atoms with E-state index in [1.807, 2.05) is 11.8 Å². The molecule has 1 aliphatic heterocycles. The van der Waals surface area contributed by atoms with Gasteiger partial charge in [0.25, 0.3) is 0 Å². The summed E-state index contributed by atoms with van der Waals surface area (Å²) in [6.45, 7) is 10.5. The van der Waals surface area contributed by atoms with Crippen molar-refractivity contribution < 1.29 is 8.78 Å². The summed E-state index contributed by atoms with van der Waals surface area (Å²) in [5.41, 5.74) is 0.460. The van der Waals surface area contributed by atoms with Gasteiger partial charge in [0.15, 0.2) is 5.96 Å². The Morgan fingerprint density at radius 2 is 2.07 bits per heavy atom. The highest BCUT2D eigenvalue weighted by molar-refractivity contribution is 14.0. The van der Waals surface area contributed by atoms with Crippen LogP contribution in [-0.4, -0.2) is 62.7 Å². The van der Waals surface area contributed by atoms with Crippen LogP contribution in [0.15, 0.2) is 23.2 Å². The molecule has 1 aliphatic rings. The molecule has 0 saturated carbocycles. The van der Waals surface area contributed by atoms with Gasteiger partial charge < -0.3 is 20.4 Å². The summed E-state index contributed by atoms with van der Waals surface area (Å²) in [5, 5.41) is 6.74. The number of benzene rings is 1. The number of nitrogens with zero attached hydrogens (tertiary/aromatic N) is 3. The lowest BCUT2D eigenvalue weighted by Gasteiger charge is -2.21. The minimum atomic E-state index is -0.545. The van der Waals surface area contributed by atoms with Crippen LogP contribution < -0.4 is 15.5 Å². The van der Waals surface area contributed by atoms with Gasteiger partial charge in [-0.25, -0.2) is 8.78 Å². The topological polar surface area (TPSA) is 42.9 Å². The molecule has 0 aromatic heterocycles. The second-order valence-corrected chi connectivity index (χ2v) is 7.71. The minimum absolute atomic E-state index is 0. The lowest BCUT2D eigenvalue weighted by molar-refractivity contribution is 0.269. The number of nitrogens with one attached hydrogen (secondary N) is 2. The number of hydrogen-bond acceptors (Lipinski definition) is 3. The Morgan fingerprint density at radius 3 is 2.72 bits per heavy atom. The minimum Gasteiger partial charge on any atom is -0.367 e. The van der Waals surface area contributed by atoms with Gasteiger partial charge in [-0.3, -0.25) is 4.99 Å². The predicted octanol–water partition coefficient (Wildman–Crippen LogP) is 3.84. The van der Waals surface area contributed by atoms with Crippen LogP contribution in [0.25, 0.3) is 0 Å². The van der Waals surface area contributed by atoms with E-state index >= 15 is 0 Å². The maximum Gasteiger partial charge on any atom is 0.191 e. The average molecular weight is 523 g/mol. The van der Waals surface area contributed by atoms with Gasteiger partial charge >= 0.3 is 0 Å². The number of aliphatic imine (C=N–C) groups is 1. The Hall–Kier alpha value is -1.16. The zero-order valence-corrected chi connectivity index (χ0v) is 20.4. The van der Waals surface area contributed by atoms with E-state index in [0.29, 0.717) is 18.3 Å². The van der Waals surface area contributed by atoms with E-state index in [1.54, 1.807) is 0 Å². The number of anilines is 1. The summed E-state index contributed by atoms with van der Waals surface area (Å²) in [5.74, 6) is -0.241. The molecule has 0 aliphatic carbocycles. The molecule has 166 valence electrons. The first kappa shape index (κ1) is 25.9. The average Bonchev–Trinajstić information content (AvgIpc) is 3.09. The van der Waals surface area contributed by atoms with Crippen molar-refractivity contribution in [2.24, 2.45) is 4.99 Å². The van der Waals surface area contributed by atoms with Crippen molar-refractivity contribution in [2.45, 2.75) is 52.1 Å². The molecule has 2 rings (SSSR count). The zero-order chi connectivity index (χ0) is 20.5. The fraction of sp³-hybridized carbons (Fsp3) is 0.667. The van der Waals surface area contributed by atoms with Crippen LogP contribution in [0.3, 0.4) is 0 Å². The summed E-state index contributed by atoms with van der Waals surface area (Å²) in [4.78, 5) is 8.98. The summed E-state index contributed by atoms with van der Waals surface area (Å²) in [6, 6.07) is 4.52. The number of hydrogen-bond donors (Lipinski definition) is 2. The van der Waals surface area contributed by atoms with Crippen LogP contribution in [0.5, 0.6) is 0 Å². The third-order valence-corrected chi connectivity index (χ3v) is 5.19. The third-order valence-electron chi connectivity index (χ3n) is 5.19. The molecule has 2 N–H and O–H groups in total. The standard InChI is InChI=1S/C21H35F2N5.HI/c1-5-24-21(25-11-6-7-12-27(4)16(2)3)26-18-10-13-28(15-18)20-9-8-17(22)14-19(20)23;/h8-9,14,16,18H,5-7,10-13,15H2,1-4H3,(H2,24,25,26);1H. The quantitative estimate of drug-likeness (QED) is 0.224. The van der Waals surface area contributed by atoms with Crippen LogP contribution >= 0.6 is 24.0 Å². The van der Waals surface area contributed by atoms with Gasteiger partial charge in [-0.05, 0) is 65.8 Å². The van der Waals surface area contributed by atoms with Crippen molar-refractivity contribution in [3.05, 3.63) is 29.8 Å². The first-order valence-corrected chi connectivity index (χ1v) is 10.4. The van der Waals surface area contributed by atoms with Gasteiger partial charge in [-0.2, -0.15) is 0 Å². The molecular formula is C21H36F2IN5. The summed E-state index contributed by atoms with van der Waals surface area (Å²) >= 11 is 0. The number of guanidine groups is 1. The first-order chi connectivity index (χ1) is 13.4. The molecule has 0 spiro atoms. The largest absolute Gasteiger partial charge is 0.367 e. The Kier molecular flexibility index (Phi) is 11.8. The lowest BCUT2D eigenvalue weighted by atomic mass is 10.2. The maximum absolute atomic E-state index is 14.0. The van der Waals surface area contributed by atoms with Crippen molar-refractivity contribution in [3.8, 4) is 0 Å². The van der Waals surface area contributed by atoms with E-state index in [1.165, 1.54) is 12.1 Å². The lowest BCUT2D eigenvalue weighted by Crippen LogP contribution is -2.44. The van der Waals surface area contributed by atoms with Crippen molar-refractivity contribution in [3.63, 3.8) is 0 Å². The molecule has 5 nitrogen and oxygen atoms in total. The van der Waals surface area contributed by atoms with Crippen molar-refractivity contribution in [1.29, 1.82) is 0 Å². The summed E-state index contributed by atoms with van der Waals surface area (Å²) < 4.78 is 27.1. The van der Waals surface area contributed by atoms with E-state index in [2.05, 4.69) is 41.4 Å². The second-order valence-electron chi connectivity index (χ2n) is 7.71. The molecule has 0 radical (unpaired) electrons. The highest BCUT2D eigenvalue weighted by Gasteiger charge is 2.25. The van der Waals surface area contributed by atoms with Crippen molar-refractivity contribution in [1.82, 2.24) is 15.5 Å². The molecule has 0 amide bonds. The van der Waals surface area contributed by atoms with Crippen LogP contribution in [0, 0.1) is 11.6 Å². The highest BCUT2D eigenvalue weighted by Crippen LogP contribution is 2.24. The zero-order valence-electron chi connectivity index (χ0n) is 18.0. The van der Waals surface area contributed by atoms with Gasteiger partial charge in [0, 0.05) is 44.3 Å². The monoisotopic (exact) mass is 523 g/mol. The van der Waals surface area contributed by atoms with Gasteiger partial charge in [-0.1, -0.05) is 0 Å². The SMILES string of the molecule is CCNC(=NCCCCN(C)C(C)C)NC1CCN(c2ccc(F)cc2F)C1.I. The number of halogens is 3. The molecule has 29 heavy (non-hydrogen) atoms. The maximum atomic E-state index is 14.0. The highest BCUT2D eigenvalue weighted by atomic mass is 127. The Balaban J connectivity index is 0.00000420. The fourth-order valence-electron chi connectivity index (χ4n) is 3.27. The number of unbranched alkanes of at least 4 members (excludes halogenated alkanes) is 1. The normalized spacial score (nSPS) is 17.0. The smallest absolute Gasteiger partial charge is 0.191 e. The molecule has 1 saturated heterocycles. The van der Waals surface area contributed by atoms with E-state index in [9.17, 15) is 8.78 Å². The molecule has 1 atom stereocenters.